The monoisotopic (exact) mass is 127 g/mol. The van der Waals surface area contributed by atoms with Gasteiger partial charge in [-0.05, 0) is 0 Å². The lowest BCUT2D eigenvalue weighted by Crippen LogP contribution is -1.77. The fourth-order valence-corrected chi connectivity index (χ4v) is 0.920. The Bertz CT molecular complexity index is 33.3. The molecular formula is C9H19-. The van der Waals surface area contributed by atoms with Gasteiger partial charge in [0.25, 0.3) is 0 Å². The quantitative estimate of drug-likeness (QED) is 0.378. The van der Waals surface area contributed by atoms with E-state index in [2.05, 4.69) is 20.3 Å². The van der Waals surface area contributed by atoms with Gasteiger partial charge >= 0.3 is 0 Å². The Kier molecular flexibility index (Phi) is 8.00. The predicted molar refractivity (Wildman–Crippen MR) is 43.4 cm³/mol. The average molecular weight is 127 g/mol. The third-order valence-corrected chi connectivity index (χ3v) is 1.55. The molecule has 9 heavy (non-hydrogen) atoms. The van der Waals surface area contributed by atoms with E-state index in [1.165, 1.54) is 38.5 Å². The van der Waals surface area contributed by atoms with E-state index in [4.69, 9.17) is 0 Å². The zero-order chi connectivity index (χ0) is 6.95. The molecule has 0 heteroatoms. The van der Waals surface area contributed by atoms with Crippen LogP contribution < -0.4 is 0 Å². The molecule has 0 radical (unpaired) electrons. The summed E-state index contributed by atoms with van der Waals surface area (Å²) in [6, 6.07) is 0. The minimum absolute atomic E-state index is 1.24. The van der Waals surface area contributed by atoms with Gasteiger partial charge in [-0.25, -0.2) is 0 Å². The van der Waals surface area contributed by atoms with Crippen LogP contribution in [-0.4, -0.2) is 0 Å². The normalized spacial score (nSPS) is 10.0. The molecule has 0 aliphatic carbocycles. The van der Waals surface area contributed by atoms with Crippen molar-refractivity contribution in [2.24, 2.45) is 0 Å². The summed E-state index contributed by atoms with van der Waals surface area (Å²) < 4.78 is 0. The lowest BCUT2D eigenvalue weighted by Gasteiger charge is -2.05. The van der Waals surface area contributed by atoms with Gasteiger partial charge in [0, 0.05) is 0 Å². The molecule has 0 spiro atoms. The maximum atomic E-state index is 2.37. The topological polar surface area (TPSA) is 0 Å². The van der Waals surface area contributed by atoms with Gasteiger partial charge in [-0.15, -0.1) is 0 Å². The van der Waals surface area contributed by atoms with Gasteiger partial charge in [-0.1, -0.05) is 39.5 Å². The van der Waals surface area contributed by atoms with Gasteiger partial charge in [0.15, 0.2) is 0 Å². The first-order valence-corrected chi connectivity index (χ1v) is 4.23. The molecule has 0 N–H and O–H groups in total. The van der Waals surface area contributed by atoms with Crippen molar-refractivity contribution in [3.8, 4) is 0 Å². The van der Waals surface area contributed by atoms with E-state index in [1.54, 1.807) is 0 Å². The van der Waals surface area contributed by atoms with E-state index in [0.29, 0.717) is 0 Å². The smallest absolute Gasteiger partial charge is 0.0537 e. The van der Waals surface area contributed by atoms with Crippen LogP contribution in [0.25, 0.3) is 0 Å². The summed E-state index contributed by atoms with van der Waals surface area (Å²) >= 11 is 0. The largest absolute Gasteiger partial charge is 0.329 e. The van der Waals surface area contributed by atoms with Crippen molar-refractivity contribution in [1.82, 2.24) is 0 Å². The number of unbranched alkanes of at least 4 members (excludes halogenated alkanes) is 6. The molecule has 56 valence electrons. The van der Waals surface area contributed by atoms with Gasteiger partial charge in [0.2, 0.25) is 0 Å². The second-order valence-electron chi connectivity index (χ2n) is 2.55. The van der Waals surface area contributed by atoms with Gasteiger partial charge < -0.3 is 6.42 Å². The molecule has 0 aliphatic heterocycles. The van der Waals surface area contributed by atoms with Crippen LogP contribution in [0.15, 0.2) is 0 Å². The minimum atomic E-state index is 1.24. The molecule has 0 aromatic heterocycles. The molecule has 0 saturated heterocycles. The molecule has 0 heterocycles. The summed E-state index contributed by atoms with van der Waals surface area (Å²) in [6.45, 7) is 4.46. The first kappa shape index (κ1) is 9.00. The Morgan fingerprint density at radius 1 is 1.00 bits per heavy atom. The Morgan fingerprint density at radius 2 is 1.78 bits per heavy atom. The van der Waals surface area contributed by atoms with Gasteiger partial charge in [0.05, 0.1) is 0 Å². The first-order valence-electron chi connectivity index (χ1n) is 4.23. The van der Waals surface area contributed by atoms with Crippen molar-refractivity contribution in [3.05, 3.63) is 6.42 Å². The molecule has 0 amide bonds. The molecule has 0 unspecified atom stereocenters. The SMILES string of the molecule is CC[CH-]CCCCCC. The Balaban J connectivity index is 2.60. The number of hydrogen-bond acceptors (Lipinski definition) is 0. The van der Waals surface area contributed by atoms with Crippen molar-refractivity contribution < 1.29 is 0 Å². The molecule has 0 atom stereocenters. The van der Waals surface area contributed by atoms with Crippen molar-refractivity contribution in [2.45, 2.75) is 52.4 Å². The highest BCUT2D eigenvalue weighted by atomic mass is 13.9. The maximum absolute atomic E-state index is 2.37. The summed E-state index contributed by atoms with van der Waals surface area (Å²) in [4.78, 5) is 0. The molecule has 0 nitrogen and oxygen atoms in total. The summed E-state index contributed by atoms with van der Waals surface area (Å²) in [5, 5.41) is 0. The third kappa shape index (κ3) is 8.00. The molecule has 0 aromatic carbocycles. The summed E-state index contributed by atoms with van der Waals surface area (Å²) in [6.07, 6.45) is 10.5. The van der Waals surface area contributed by atoms with Crippen LogP contribution in [-0.2, 0) is 0 Å². The van der Waals surface area contributed by atoms with E-state index in [9.17, 15) is 0 Å². The predicted octanol–water partition coefficient (Wildman–Crippen LogP) is 3.57. The van der Waals surface area contributed by atoms with Crippen molar-refractivity contribution in [3.63, 3.8) is 0 Å². The Hall–Kier alpha value is 0. The van der Waals surface area contributed by atoms with Gasteiger partial charge in [-0.2, -0.15) is 12.8 Å². The summed E-state index contributed by atoms with van der Waals surface area (Å²) in [5.74, 6) is 0. The van der Waals surface area contributed by atoms with Crippen LogP contribution >= 0.6 is 0 Å². The lowest BCUT2D eigenvalue weighted by molar-refractivity contribution is 0.655. The van der Waals surface area contributed by atoms with Crippen LogP contribution in [0, 0.1) is 6.42 Å². The highest BCUT2D eigenvalue weighted by Crippen LogP contribution is 2.04. The van der Waals surface area contributed by atoms with Crippen LogP contribution in [0.3, 0.4) is 0 Å². The van der Waals surface area contributed by atoms with Gasteiger partial charge in [-0.3, -0.25) is 0 Å². The Morgan fingerprint density at radius 3 is 2.33 bits per heavy atom. The van der Waals surface area contributed by atoms with Crippen LogP contribution in [0.5, 0.6) is 0 Å². The van der Waals surface area contributed by atoms with E-state index >= 15 is 0 Å². The summed E-state index contributed by atoms with van der Waals surface area (Å²) in [5.41, 5.74) is 0. The van der Waals surface area contributed by atoms with Crippen molar-refractivity contribution in [2.75, 3.05) is 0 Å². The lowest BCUT2D eigenvalue weighted by atomic mass is 10.1. The van der Waals surface area contributed by atoms with E-state index < -0.39 is 0 Å². The molecule has 0 aromatic rings. The molecule has 0 rings (SSSR count). The maximum Gasteiger partial charge on any atom is -0.0537 e. The van der Waals surface area contributed by atoms with Crippen LogP contribution in [0.4, 0.5) is 0 Å². The average Bonchev–Trinajstić information content (AvgIpc) is 1.89. The third-order valence-electron chi connectivity index (χ3n) is 1.55. The highest BCUT2D eigenvalue weighted by molar-refractivity contribution is 4.60. The fourth-order valence-electron chi connectivity index (χ4n) is 0.920. The second-order valence-corrected chi connectivity index (χ2v) is 2.55. The second kappa shape index (κ2) is 8.00. The molecule has 0 fully saturated rings. The highest BCUT2D eigenvalue weighted by Gasteiger charge is 1.80. The van der Waals surface area contributed by atoms with E-state index in [-0.39, 0.29) is 0 Å². The first-order chi connectivity index (χ1) is 4.41. The van der Waals surface area contributed by atoms with Crippen LogP contribution in [0.1, 0.15) is 52.4 Å². The zero-order valence-corrected chi connectivity index (χ0v) is 6.82. The molecule has 0 saturated carbocycles. The standard InChI is InChI=1S/C9H19/c1-3-5-7-9-8-6-4-2/h5H,3-4,6-9H2,1-2H3/q-1. The summed E-state index contributed by atoms with van der Waals surface area (Å²) in [7, 11) is 0. The van der Waals surface area contributed by atoms with E-state index in [0.717, 1.165) is 0 Å². The molecule has 0 aliphatic rings. The van der Waals surface area contributed by atoms with Crippen molar-refractivity contribution >= 4 is 0 Å². The Labute approximate surface area is 59.7 Å². The molecule has 0 bridgehead atoms. The fraction of sp³-hybridized carbons (Fsp3) is 0.889. The molecular weight excluding hydrogens is 108 g/mol. The van der Waals surface area contributed by atoms with Crippen LogP contribution in [0.2, 0.25) is 0 Å². The minimum Gasteiger partial charge on any atom is -0.329 e. The van der Waals surface area contributed by atoms with E-state index in [1.807, 2.05) is 0 Å². The van der Waals surface area contributed by atoms with Crippen molar-refractivity contribution in [1.29, 1.82) is 0 Å². The van der Waals surface area contributed by atoms with Gasteiger partial charge in [0.1, 0.15) is 0 Å². The zero-order valence-electron chi connectivity index (χ0n) is 6.82. The number of hydrogen-bond donors (Lipinski definition) is 0. The number of rotatable bonds is 6.